The summed E-state index contributed by atoms with van der Waals surface area (Å²) >= 11 is 0. The summed E-state index contributed by atoms with van der Waals surface area (Å²) in [6.45, 7) is 3.39. The zero-order valence-electron chi connectivity index (χ0n) is 15.2. The SMILES string of the molecule is C[C@]12CCC3C(CCC4=CC(N=O)CC[C@@H]43)C1C1CC1[C@@]21C=CCO1. The number of hydrogen-bond donors (Lipinski definition) is 0. The molecule has 0 aromatic heterocycles. The van der Waals surface area contributed by atoms with Crippen molar-refractivity contribution in [2.45, 2.75) is 63.5 Å². The Bertz CT molecular complexity index is 684. The molecule has 6 rings (SSSR count). The van der Waals surface area contributed by atoms with E-state index in [0.29, 0.717) is 5.41 Å². The highest BCUT2D eigenvalue weighted by Crippen LogP contribution is 2.77. The molecular formula is C22H29NO2. The Morgan fingerprint density at radius 2 is 2.08 bits per heavy atom. The Morgan fingerprint density at radius 3 is 2.88 bits per heavy atom. The molecule has 0 radical (unpaired) electrons. The van der Waals surface area contributed by atoms with E-state index in [0.717, 1.165) is 48.5 Å². The Morgan fingerprint density at radius 1 is 1.16 bits per heavy atom. The third kappa shape index (κ3) is 1.72. The van der Waals surface area contributed by atoms with Crippen molar-refractivity contribution < 1.29 is 4.74 Å². The monoisotopic (exact) mass is 339 g/mol. The van der Waals surface area contributed by atoms with Crippen molar-refractivity contribution >= 4 is 0 Å². The summed E-state index contributed by atoms with van der Waals surface area (Å²) in [6, 6.07) is -0.0451. The molecule has 3 heteroatoms. The summed E-state index contributed by atoms with van der Waals surface area (Å²) in [4.78, 5) is 11.0. The molecule has 0 saturated heterocycles. The molecule has 4 fully saturated rings. The molecule has 0 bridgehead atoms. The van der Waals surface area contributed by atoms with E-state index in [2.05, 4.69) is 30.3 Å². The standard InChI is InChI=1S/C22H29NO2/c1-21-9-7-16-15-6-4-14(23-24)11-13(15)3-5-17(16)20(21)18-12-19(18)22(21)8-2-10-25-22/h2,8,11,14-20H,3-7,9-10,12H2,1H3/t14?,15-,16?,17?,18?,19?,20?,21-,22-/m0/s1. The summed E-state index contributed by atoms with van der Waals surface area (Å²) in [5, 5.41) is 3.32. The molecular weight excluding hydrogens is 310 g/mol. The van der Waals surface area contributed by atoms with Crippen LogP contribution in [0.4, 0.5) is 0 Å². The molecule has 1 aliphatic heterocycles. The topological polar surface area (TPSA) is 38.7 Å². The molecule has 1 heterocycles. The van der Waals surface area contributed by atoms with Crippen molar-refractivity contribution in [2.75, 3.05) is 6.61 Å². The van der Waals surface area contributed by atoms with Gasteiger partial charge in [-0.05, 0) is 80.5 Å². The zero-order valence-corrected chi connectivity index (χ0v) is 15.2. The van der Waals surface area contributed by atoms with Gasteiger partial charge in [-0.3, -0.25) is 0 Å². The summed E-state index contributed by atoms with van der Waals surface area (Å²) in [7, 11) is 0. The molecule has 0 N–H and O–H groups in total. The van der Waals surface area contributed by atoms with Gasteiger partial charge in [-0.2, -0.15) is 4.91 Å². The fourth-order valence-corrected chi connectivity index (χ4v) is 8.46. The van der Waals surface area contributed by atoms with Gasteiger partial charge in [0, 0.05) is 5.41 Å². The summed E-state index contributed by atoms with van der Waals surface area (Å²) in [6.07, 6.45) is 15.8. The lowest BCUT2D eigenvalue weighted by Gasteiger charge is -2.57. The Kier molecular flexibility index (Phi) is 2.94. The second-order valence-electron chi connectivity index (χ2n) is 9.96. The smallest absolute Gasteiger partial charge is 0.110 e. The molecule has 4 saturated carbocycles. The van der Waals surface area contributed by atoms with Gasteiger partial charge in [0.2, 0.25) is 0 Å². The molecule has 0 aromatic carbocycles. The molecule has 134 valence electrons. The van der Waals surface area contributed by atoms with Gasteiger partial charge >= 0.3 is 0 Å². The van der Waals surface area contributed by atoms with E-state index >= 15 is 0 Å². The van der Waals surface area contributed by atoms with Crippen LogP contribution in [-0.2, 0) is 4.74 Å². The minimum absolute atomic E-state index is 0.0451. The maximum Gasteiger partial charge on any atom is 0.110 e. The number of fused-ring (bicyclic) bond motifs is 9. The van der Waals surface area contributed by atoms with Crippen LogP contribution in [0, 0.1) is 45.8 Å². The van der Waals surface area contributed by atoms with E-state index < -0.39 is 0 Å². The Hall–Kier alpha value is -0.960. The molecule has 25 heavy (non-hydrogen) atoms. The van der Waals surface area contributed by atoms with Crippen molar-refractivity contribution in [2.24, 2.45) is 46.1 Å². The van der Waals surface area contributed by atoms with Crippen LogP contribution in [0.1, 0.15) is 51.9 Å². The number of nitroso groups, excluding NO2 is 1. The van der Waals surface area contributed by atoms with Gasteiger partial charge in [0.15, 0.2) is 0 Å². The van der Waals surface area contributed by atoms with Gasteiger partial charge in [-0.15, -0.1) is 0 Å². The minimum Gasteiger partial charge on any atom is -0.366 e. The van der Waals surface area contributed by atoms with Gasteiger partial charge < -0.3 is 4.74 Å². The van der Waals surface area contributed by atoms with E-state index in [1.165, 1.54) is 38.5 Å². The first-order valence-corrected chi connectivity index (χ1v) is 10.5. The van der Waals surface area contributed by atoms with Crippen molar-refractivity contribution in [1.29, 1.82) is 0 Å². The molecule has 6 aliphatic rings. The quantitative estimate of drug-likeness (QED) is 0.505. The van der Waals surface area contributed by atoms with Crippen LogP contribution in [0.15, 0.2) is 29.0 Å². The maximum absolute atomic E-state index is 11.0. The van der Waals surface area contributed by atoms with Gasteiger partial charge in [-0.25, -0.2) is 0 Å². The first-order valence-electron chi connectivity index (χ1n) is 10.5. The largest absolute Gasteiger partial charge is 0.366 e. The molecule has 1 spiro atoms. The predicted molar refractivity (Wildman–Crippen MR) is 96.9 cm³/mol. The van der Waals surface area contributed by atoms with Crippen molar-refractivity contribution in [3.8, 4) is 0 Å². The Balaban J connectivity index is 1.35. The van der Waals surface area contributed by atoms with Crippen molar-refractivity contribution in [3.63, 3.8) is 0 Å². The van der Waals surface area contributed by atoms with Gasteiger partial charge in [-0.1, -0.05) is 35.9 Å². The van der Waals surface area contributed by atoms with Crippen LogP contribution in [0.3, 0.4) is 0 Å². The molecule has 5 aliphatic carbocycles. The van der Waals surface area contributed by atoms with Crippen LogP contribution < -0.4 is 0 Å². The molecule has 0 aromatic rings. The minimum atomic E-state index is -0.0451. The third-order valence-corrected chi connectivity index (χ3v) is 9.35. The van der Waals surface area contributed by atoms with E-state index in [4.69, 9.17) is 4.74 Å². The third-order valence-electron chi connectivity index (χ3n) is 9.35. The molecule has 0 amide bonds. The van der Waals surface area contributed by atoms with Gasteiger partial charge in [0.05, 0.1) is 12.2 Å². The van der Waals surface area contributed by atoms with Crippen LogP contribution >= 0.6 is 0 Å². The molecule has 9 atom stereocenters. The molecule has 6 unspecified atom stereocenters. The predicted octanol–water partition coefficient (Wildman–Crippen LogP) is 4.88. The Labute approximate surface area is 150 Å². The second kappa shape index (κ2) is 4.85. The second-order valence-corrected chi connectivity index (χ2v) is 9.96. The number of nitrogens with zero attached hydrogens (tertiary/aromatic N) is 1. The first kappa shape index (κ1) is 15.1. The summed E-state index contributed by atoms with van der Waals surface area (Å²) in [5.74, 6) is 5.06. The van der Waals surface area contributed by atoms with Crippen molar-refractivity contribution in [3.05, 3.63) is 28.7 Å². The van der Waals surface area contributed by atoms with Crippen molar-refractivity contribution in [1.82, 2.24) is 0 Å². The number of ether oxygens (including phenoxy) is 1. The highest BCUT2D eigenvalue weighted by Gasteiger charge is 2.76. The average molecular weight is 339 g/mol. The van der Waals surface area contributed by atoms with Crippen LogP contribution in [0.5, 0.6) is 0 Å². The van der Waals surface area contributed by atoms with Crippen LogP contribution in [-0.4, -0.2) is 18.2 Å². The van der Waals surface area contributed by atoms with Crippen LogP contribution in [0.2, 0.25) is 0 Å². The fraction of sp³-hybridized carbons (Fsp3) is 0.818. The number of allylic oxidation sites excluding steroid dienone is 1. The summed E-state index contributed by atoms with van der Waals surface area (Å²) < 4.78 is 6.47. The average Bonchev–Trinajstić information content (AvgIpc) is 3.20. The van der Waals surface area contributed by atoms with E-state index in [9.17, 15) is 4.91 Å². The van der Waals surface area contributed by atoms with E-state index in [1.54, 1.807) is 5.57 Å². The molecule has 3 nitrogen and oxygen atoms in total. The van der Waals surface area contributed by atoms with Crippen LogP contribution in [0.25, 0.3) is 0 Å². The zero-order chi connectivity index (χ0) is 16.8. The lowest BCUT2D eigenvalue weighted by Crippen LogP contribution is -2.54. The van der Waals surface area contributed by atoms with E-state index in [1.807, 2.05) is 0 Å². The fourth-order valence-electron chi connectivity index (χ4n) is 8.46. The first-order chi connectivity index (χ1) is 12.2. The lowest BCUT2D eigenvalue weighted by atomic mass is 9.49. The maximum atomic E-state index is 11.0. The van der Waals surface area contributed by atoms with Gasteiger partial charge in [0.25, 0.3) is 0 Å². The number of rotatable bonds is 1. The highest BCUT2D eigenvalue weighted by atomic mass is 16.5. The van der Waals surface area contributed by atoms with E-state index in [-0.39, 0.29) is 11.6 Å². The lowest BCUT2D eigenvalue weighted by molar-refractivity contribution is -0.131. The normalized spacial score (nSPS) is 58.1. The highest BCUT2D eigenvalue weighted by molar-refractivity contribution is 5.33. The summed E-state index contributed by atoms with van der Waals surface area (Å²) in [5.41, 5.74) is 2.01. The number of hydrogen-bond acceptors (Lipinski definition) is 3. The van der Waals surface area contributed by atoms with Gasteiger partial charge in [0.1, 0.15) is 6.04 Å².